The number of hydrogen-bond donors (Lipinski definition) is 0. The van der Waals surface area contributed by atoms with Gasteiger partial charge in [-0.2, -0.15) is 0 Å². The summed E-state index contributed by atoms with van der Waals surface area (Å²) < 4.78 is 10.8. The SMILES string of the molecule is BrCCCOCC1CCCO1. The van der Waals surface area contributed by atoms with Crippen LogP contribution in [0.3, 0.4) is 0 Å². The van der Waals surface area contributed by atoms with Gasteiger partial charge in [0, 0.05) is 18.5 Å². The standard InChI is InChI=1S/C8H15BrO2/c9-4-2-5-10-7-8-3-1-6-11-8/h8H,1-7H2. The Morgan fingerprint density at radius 1 is 1.55 bits per heavy atom. The van der Waals surface area contributed by atoms with Gasteiger partial charge < -0.3 is 9.47 Å². The highest BCUT2D eigenvalue weighted by Gasteiger charge is 2.14. The first-order chi connectivity index (χ1) is 5.43. The minimum absolute atomic E-state index is 0.380. The van der Waals surface area contributed by atoms with Crippen molar-refractivity contribution in [3.63, 3.8) is 0 Å². The first kappa shape index (κ1) is 9.49. The number of ether oxygens (including phenoxy) is 2. The van der Waals surface area contributed by atoms with Gasteiger partial charge >= 0.3 is 0 Å². The monoisotopic (exact) mass is 222 g/mol. The lowest BCUT2D eigenvalue weighted by Crippen LogP contribution is -2.14. The number of rotatable bonds is 5. The van der Waals surface area contributed by atoms with Crippen molar-refractivity contribution in [2.75, 3.05) is 25.2 Å². The van der Waals surface area contributed by atoms with E-state index >= 15 is 0 Å². The molecule has 0 aromatic carbocycles. The third-order valence-corrected chi connectivity index (χ3v) is 2.31. The molecule has 0 bridgehead atoms. The summed E-state index contributed by atoms with van der Waals surface area (Å²) in [7, 11) is 0. The van der Waals surface area contributed by atoms with Crippen LogP contribution in [-0.4, -0.2) is 31.3 Å². The highest BCUT2D eigenvalue weighted by Crippen LogP contribution is 2.11. The maximum Gasteiger partial charge on any atom is 0.0809 e. The van der Waals surface area contributed by atoms with Gasteiger partial charge in [-0.05, 0) is 19.3 Å². The zero-order valence-electron chi connectivity index (χ0n) is 6.72. The third-order valence-electron chi connectivity index (χ3n) is 1.75. The van der Waals surface area contributed by atoms with E-state index in [1.165, 1.54) is 12.8 Å². The molecule has 3 heteroatoms. The Morgan fingerprint density at radius 2 is 2.45 bits per heavy atom. The van der Waals surface area contributed by atoms with Crippen molar-refractivity contribution in [2.24, 2.45) is 0 Å². The van der Waals surface area contributed by atoms with Crippen molar-refractivity contribution in [1.29, 1.82) is 0 Å². The summed E-state index contributed by atoms with van der Waals surface area (Å²) in [5.41, 5.74) is 0. The molecule has 0 spiro atoms. The molecule has 1 rings (SSSR count). The Hall–Kier alpha value is 0.400. The van der Waals surface area contributed by atoms with E-state index in [2.05, 4.69) is 15.9 Å². The molecule has 66 valence electrons. The van der Waals surface area contributed by atoms with Gasteiger partial charge in [-0.1, -0.05) is 15.9 Å². The Bertz CT molecular complexity index is 92.1. The van der Waals surface area contributed by atoms with E-state index in [1.54, 1.807) is 0 Å². The van der Waals surface area contributed by atoms with Crippen molar-refractivity contribution >= 4 is 15.9 Å². The molecule has 1 atom stereocenters. The zero-order chi connectivity index (χ0) is 7.94. The van der Waals surface area contributed by atoms with Gasteiger partial charge in [0.2, 0.25) is 0 Å². The lowest BCUT2D eigenvalue weighted by atomic mass is 10.2. The van der Waals surface area contributed by atoms with Crippen LogP contribution in [-0.2, 0) is 9.47 Å². The molecule has 1 unspecified atom stereocenters. The summed E-state index contributed by atoms with van der Waals surface area (Å²) in [6.45, 7) is 2.56. The fourth-order valence-corrected chi connectivity index (χ4v) is 1.38. The average molecular weight is 223 g/mol. The van der Waals surface area contributed by atoms with E-state index in [9.17, 15) is 0 Å². The Labute approximate surface area is 76.4 Å². The van der Waals surface area contributed by atoms with Crippen LogP contribution >= 0.6 is 15.9 Å². The van der Waals surface area contributed by atoms with Crippen molar-refractivity contribution in [3.05, 3.63) is 0 Å². The normalized spacial score (nSPS) is 24.3. The largest absolute Gasteiger partial charge is 0.379 e. The lowest BCUT2D eigenvalue weighted by Gasteiger charge is -2.08. The number of hydrogen-bond acceptors (Lipinski definition) is 2. The van der Waals surface area contributed by atoms with Crippen molar-refractivity contribution in [2.45, 2.75) is 25.4 Å². The van der Waals surface area contributed by atoms with E-state index in [0.29, 0.717) is 6.10 Å². The van der Waals surface area contributed by atoms with E-state index in [4.69, 9.17) is 9.47 Å². The molecule has 0 radical (unpaired) electrons. The predicted octanol–water partition coefficient (Wildman–Crippen LogP) is 1.97. The molecule has 11 heavy (non-hydrogen) atoms. The molecule has 0 aromatic rings. The quantitative estimate of drug-likeness (QED) is 0.524. The summed E-state index contributed by atoms with van der Waals surface area (Å²) in [5.74, 6) is 0. The van der Waals surface area contributed by atoms with E-state index in [0.717, 1.165) is 31.6 Å². The van der Waals surface area contributed by atoms with Crippen molar-refractivity contribution in [3.8, 4) is 0 Å². The molecular weight excluding hydrogens is 208 g/mol. The minimum Gasteiger partial charge on any atom is -0.379 e. The average Bonchev–Trinajstić information content (AvgIpc) is 2.50. The first-order valence-corrected chi connectivity index (χ1v) is 5.31. The summed E-state index contributed by atoms with van der Waals surface area (Å²) in [6, 6.07) is 0. The van der Waals surface area contributed by atoms with Crippen LogP contribution in [0.4, 0.5) is 0 Å². The van der Waals surface area contributed by atoms with Crippen LogP contribution in [0, 0.1) is 0 Å². The van der Waals surface area contributed by atoms with Crippen LogP contribution in [0.15, 0.2) is 0 Å². The highest BCUT2D eigenvalue weighted by molar-refractivity contribution is 9.09. The molecule has 0 saturated carbocycles. The van der Waals surface area contributed by atoms with Gasteiger partial charge in [-0.3, -0.25) is 0 Å². The van der Waals surface area contributed by atoms with E-state index in [1.807, 2.05) is 0 Å². The Balaban J connectivity index is 1.86. The molecule has 1 heterocycles. The fraction of sp³-hybridized carbons (Fsp3) is 1.00. The maximum absolute atomic E-state index is 5.40. The molecule has 1 fully saturated rings. The van der Waals surface area contributed by atoms with E-state index in [-0.39, 0.29) is 0 Å². The van der Waals surface area contributed by atoms with Crippen LogP contribution in [0.2, 0.25) is 0 Å². The molecule has 0 aliphatic carbocycles. The summed E-state index contributed by atoms with van der Waals surface area (Å²) in [5, 5.41) is 1.03. The van der Waals surface area contributed by atoms with E-state index < -0.39 is 0 Å². The molecular formula is C8H15BrO2. The number of halogens is 1. The van der Waals surface area contributed by atoms with Crippen molar-refractivity contribution < 1.29 is 9.47 Å². The molecule has 1 aliphatic heterocycles. The van der Waals surface area contributed by atoms with Crippen LogP contribution in [0.25, 0.3) is 0 Å². The predicted molar refractivity (Wildman–Crippen MR) is 48.2 cm³/mol. The fourth-order valence-electron chi connectivity index (χ4n) is 1.15. The molecule has 0 N–H and O–H groups in total. The highest BCUT2D eigenvalue weighted by atomic mass is 79.9. The minimum atomic E-state index is 0.380. The van der Waals surface area contributed by atoms with Crippen LogP contribution in [0.1, 0.15) is 19.3 Å². The Kier molecular flexibility index (Phi) is 5.15. The second-order valence-corrected chi connectivity index (χ2v) is 3.55. The maximum atomic E-state index is 5.40. The van der Waals surface area contributed by atoms with Gasteiger partial charge in [0.25, 0.3) is 0 Å². The van der Waals surface area contributed by atoms with Gasteiger partial charge in [-0.25, -0.2) is 0 Å². The van der Waals surface area contributed by atoms with Crippen LogP contribution in [0.5, 0.6) is 0 Å². The molecule has 2 nitrogen and oxygen atoms in total. The van der Waals surface area contributed by atoms with Crippen molar-refractivity contribution in [1.82, 2.24) is 0 Å². The second-order valence-electron chi connectivity index (χ2n) is 2.75. The summed E-state index contributed by atoms with van der Waals surface area (Å²) in [4.78, 5) is 0. The van der Waals surface area contributed by atoms with Gasteiger partial charge in [-0.15, -0.1) is 0 Å². The van der Waals surface area contributed by atoms with Gasteiger partial charge in [0.05, 0.1) is 12.7 Å². The molecule has 1 saturated heterocycles. The second kappa shape index (κ2) is 5.98. The zero-order valence-corrected chi connectivity index (χ0v) is 8.31. The van der Waals surface area contributed by atoms with Gasteiger partial charge in [0.1, 0.15) is 0 Å². The Morgan fingerprint density at radius 3 is 3.09 bits per heavy atom. The molecule has 0 aromatic heterocycles. The number of alkyl halides is 1. The third kappa shape index (κ3) is 4.09. The smallest absolute Gasteiger partial charge is 0.0809 e. The summed E-state index contributed by atoms with van der Waals surface area (Å²) >= 11 is 3.35. The first-order valence-electron chi connectivity index (χ1n) is 4.19. The molecule has 0 amide bonds. The van der Waals surface area contributed by atoms with Crippen LogP contribution < -0.4 is 0 Å². The summed E-state index contributed by atoms with van der Waals surface area (Å²) in [6.07, 6.45) is 3.85. The molecule has 1 aliphatic rings. The lowest BCUT2D eigenvalue weighted by molar-refractivity contribution is 0.0178. The topological polar surface area (TPSA) is 18.5 Å². The van der Waals surface area contributed by atoms with Gasteiger partial charge in [0.15, 0.2) is 0 Å².